The maximum atomic E-state index is 12.9. The standard InChI is InChI=1S/C10H9FS/c1-2-3-8-12-10-7-5-4-6-9(10)11/h1,4-7H,3,8H2. The molecular formula is C10H9FS. The van der Waals surface area contributed by atoms with E-state index in [4.69, 9.17) is 6.42 Å². The molecule has 12 heavy (non-hydrogen) atoms. The highest BCUT2D eigenvalue weighted by Crippen LogP contribution is 2.21. The minimum atomic E-state index is -0.167. The van der Waals surface area contributed by atoms with Gasteiger partial charge in [-0.25, -0.2) is 4.39 Å². The Hall–Kier alpha value is -0.940. The van der Waals surface area contributed by atoms with Crippen molar-refractivity contribution in [3.63, 3.8) is 0 Å². The summed E-state index contributed by atoms with van der Waals surface area (Å²) in [6.45, 7) is 0. The number of rotatable bonds is 3. The third kappa shape index (κ3) is 2.60. The molecule has 0 unspecified atom stereocenters. The van der Waals surface area contributed by atoms with Gasteiger partial charge in [0.15, 0.2) is 0 Å². The van der Waals surface area contributed by atoms with Crippen LogP contribution < -0.4 is 0 Å². The highest BCUT2D eigenvalue weighted by atomic mass is 32.2. The summed E-state index contributed by atoms with van der Waals surface area (Å²) in [5.41, 5.74) is 0. The first kappa shape index (κ1) is 9.15. The van der Waals surface area contributed by atoms with Gasteiger partial charge in [0.1, 0.15) is 5.82 Å². The van der Waals surface area contributed by atoms with Crippen LogP contribution in [0.5, 0.6) is 0 Å². The monoisotopic (exact) mass is 180 g/mol. The van der Waals surface area contributed by atoms with Gasteiger partial charge in [-0.05, 0) is 12.1 Å². The van der Waals surface area contributed by atoms with Gasteiger partial charge in [0.25, 0.3) is 0 Å². The normalized spacial score (nSPS) is 9.33. The van der Waals surface area contributed by atoms with E-state index in [0.29, 0.717) is 11.3 Å². The first-order chi connectivity index (χ1) is 5.84. The number of halogens is 1. The lowest BCUT2D eigenvalue weighted by atomic mass is 10.3. The van der Waals surface area contributed by atoms with Crippen LogP contribution in [0.2, 0.25) is 0 Å². The molecule has 0 saturated carbocycles. The maximum Gasteiger partial charge on any atom is 0.136 e. The number of terminal acetylenes is 1. The Balaban J connectivity index is 2.53. The second kappa shape index (κ2) is 4.84. The largest absolute Gasteiger partial charge is 0.206 e. The Morgan fingerprint density at radius 2 is 2.17 bits per heavy atom. The van der Waals surface area contributed by atoms with Crippen LogP contribution in [0.1, 0.15) is 6.42 Å². The van der Waals surface area contributed by atoms with Crippen LogP contribution >= 0.6 is 11.8 Å². The molecule has 62 valence electrons. The van der Waals surface area contributed by atoms with E-state index in [-0.39, 0.29) is 5.82 Å². The molecule has 1 rings (SSSR count). The van der Waals surface area contributed by atoms with Gasteiger partial charge in [-0.1, -0.05) is 12.1 Å². The van der Waals surface area contributed by atoms with Crippen molar-refractivity contribution < 1.29 is 4.39 Å². The minimum Gasteiger partial charge on any atom is -0.206 e. The van der Waals surface area contributed by atoms with Crippen molar-refractivity contribution in [3.8, 4) is 12.3 Å². The molecule has 0 bridgehead atoms. The zero-order chi connectivity index (χ0) is 8.81. The van der Waals surface area contributed by atoms with E-state index in [1.165, 1.54) is 17.8 Å². The molecular weight excluding hydrogens is 171 g/mol. The molecule has 0 amide bonds. The van der Waals surface area contributed by atoms with Gasteiger partial charge in [-0.15, -0.1) is 24.1 Å². The van der Waals surface area contributed by atoms with Crippen molar-refractivity contribution in [2.24, 2.45) is 0 Å². The average Bonchev–Trinajstić information content (AvgIpc) is 2.09. The summed E-state index contributed by atoms with van der Waals surface area (Å²) in [5.74, 6) is 3.12. The smallest absolute Gasteiger partial charge is 0.136 e. The molecule has 0 N–H and O–H groups in total. The van der Waals surface area contributed by atoms with E-state index >= 15 is 0 Å². The number of benzene rings is 1. The van der Waals surface area contributed by atoms with Gasteiger partial charge in [-0.3, -0.25) is 0 Å². The predicted octanol–water partition coefficient (Wildman–Crippen LogP) is 2.94. The Bertz CT molecular complexity index is 288. The van der Waals surface area contributed by atoms with E-state index in [1.807, 2.05) is 6.07 Å². The Morgan fingerprint density at radius 3 is 2.83 bits per heavy atom. The van der Waals surface area contributed by atoms with Gasteiger partial charge in [-0.2, -0.15) is 0 Å². The van der Waals surface area contributed by atoms with Crippen molar-refractivity contribution in [2.75, 3.05) is 5.75 Å². The fourth-order valence-corrected chi connectivity index (χ4v) is 1.60. The first-order valence-electron chi connectivity index (χ1n) is 3.65. The van der Waals surface area contributed by atoms with E-state index in [0.717, 1.165) is 5.75 Å². The van der Waals surface area contributed by atoms with Crippen LogP contribution in [0.25, 0.3) is 0 Å². The first-order valence-corrected chi connectivity index (χ1v) is 4.64. The molecule has 0 aliphatic heterocycles. The summed E-state index contributed by atoms with van der Waals surface area (Å²) >= 11 is 1.45. The fraction of sp³-hybridized carbons (Fsp3) is 0.200. The van der Waals surface area contributed by atoms with Crippen LogP contribution in [0.3, 0.4) is 0 Å². The third-order valence-electron chi connectivity index (χ3n) is 1.34. The van der Waals surface area contributed by atoms with Crippen molar-refractivity contribution >= 4 is 11.8 Å². The van der Waals surface area contributed by atoms with Crippen molar-refractivity contribution in [1.82, 2.24) is 0 Å². The van der Waals surface area contributed by atoms with Gasteiger partial charge in [0, 0.05) is 17.1 Å². The van der Waals surface area contributed by atoms with Crippen LogP contribution in [-0.4, -0.2) is 5.75 Å². The summed E-state index contributed by atoms with van der Waals surface area (Å²) < 4.78 is 12.9. The molecule has 0 nitrogen and oxygen atoms in total. The third-order valence-corrected chi connectivity index (χ3v) is 2.39. The highest BCUT2D eigenvalue weighted by Gasteiger charge is 1.98. The second-order valence-electron chi connectivity index (χ2n) is 2.23. The van der Waals surface area contributed by atoms with Gasteiger partial charge >= 0.3 is 0 Å². The number of hydrogen-bond acceptors (Lipinski definition) is 1. The van der Waals surface area contributed by atoms with E-state index in [1.54, 1.807) is 12.1 Å². The molecule has 0 atom stereocenters. The Morgan fingerprint density at radius 1 is 1.42 bits per heavy atom. The second-order valence-corrected chi connectivity index (χ2v) is 3.37. The summed E-state index contributed by atoms with van der Waals surface area (Å²) in [7, 11) is 0. The van der Waals surface area contributed by atoms with Gasteiger partial charge in [0.05, 0.1) is 0 Å². The van der Waals surface area contributed by atoms with Crippen molar-refractivity contribution in [1.29, 1.82) is 0 Å². The SMILES string of the molecule is C#CCCSc1ccccc1F. The van der Waals surface area contributed by atoms with Crippen LogP contribution in [-0.2, 0) is 0 Å². The lowest BCUT2D eigenvalue weighted by molar-refractivity contribution is 0.602. The lowest BCUT2D eigenvalue weighted by Gasteiger charge is -1.99. The molecule has 0 aromatic heterocycles. The van der Waals surface area contributed by atoms with Crippen LogP contribution in [0, 0.1) is 18.2 Å². The summed E-state index contributed by atoms with van der Waals surface area (Å²) in [5, 5.41) is 0. The van der Waals surface area contributed by atoms with Crippen LogP contribution in [0.15, 0.2) is 29.2 Å². The molecule has 0 aliphatic carbocycles. The topological polar surface area (TPSA) is 0 Å². The maximum absolute atomic E-state index is 12.9. The molecule has 1 aromatic carbocycles. The zero-order valence-electron chi connectivity index (χ0n) is 6.59. The lowest BCUT2D eigenvalue weighted by Crippen LogP contribution is -1.81. The van der Waals surface area contributed by atoms with E-state index in [9.17, 15) is 4.39 Å². The summed E-state index contributed by atoms with van der Waals surface area (Å²) in [4.78, 5) is 0.674. The van der Waals surface area contributed by atoms with Crippen molar-refractivity contribution in [3.05, 3.63) is 30.1 Å². The number of thioether (sulfide) groups is 1. The molecule has 0 fully saturated rings. The summed E-state index contributed by atoms with van der Waals surface area (Å²) in [6.07, 6.45) is 5.75. The van der Waals surface area contributed by atoms with Gasteiger partial charge < -0.3 is 0 Å². The zero-order valence-corrected chi connectivity index (χ0v) is 7.40. The molecule has 0 saturated heterocycles. The van der Waals surface area contributed by atoms with Gasteiger partial charge in [0.2, 0.25) is 0 Å². The molecule has 1 aromatic rings. The van der Waals surface area contributed by atoms with E-state index < -0.39 is 0 Å². The minimum absolute atomic E-state index is 0.167. The molecule has 0 heterocycles. The number of hydrogen-bond donors (Lipinski definition) is 0. The molecule has 2 heteroatoms. The van der Waals surface area contributed by atoms with Crippen LogP contribution in [0.4, 0.5) is 4.39 Å². The molecule has 0 aliphatic rings. The average molecular weight is 180 g/mol. The highest BCUT2D eigenvalue weighted by molar-refractivity contribution is 7.99. The summed E-state index contributed by atoms with van der Waals surface area (Å²) in [6, 6.07) is 6.72. The molecule has 0 spiro atoms. The Kier molecular flexibility index (Phi) is 3.69. The predicted molar refractivity (Wildman–Crippen MR) is 50.6 cm³/mol. The fourth-order valence-electron chi connectivity index (χ4n) is 0.782. The molecule has 0 radical (unpaired) electrons. The quantitative estimate of drug-likeness (QED) is 0.391. The Labute approximate surface area is 76.2 Å². The van der Waals surface area contributed by atoms with E-state index in [2.05, 4.69) is 5.92 Å². The van der Waals surface area contributed by atoms with Crippen molar-refractivity contribution in [2.45, 2.75) is 11.3 Å².